The summed E-state index contributed by atoms with van der Waals surface area (Å²) in [4.78, 5) is 47.2. The molecular weight excluding hydrogens is 440 g/mol. The van der Waals surface area contributed by atoms with E-state index in [0.717, 1.165) is 22.3 Å². The first-order valence-corrected chi connectivity index (χ1v) is 11.0. The van der Waals surface area contributed by atoms with Crippen LogP contribution in [0, 0.1) is 0 Å². The fourth-order valence-electron chi connectivity index (χ4n) is 3.89. The van der Waals surface area contributed by atoms with Crippen LogP contribution in [0.1, 0.15) is 29.9 Å². The first-order chi connectivity index (χ1) is 16.4. The van der Waals surface area contributed by atoms with E-state index in [1.165, 1.54) is 7.05 Å². The molecule has 0 spiro atoms. The number of carboxylic acids is 1. The summed E-state index contributed by atoms with van der Waals surface area (Å²) in [6.07, 6.45) is -1.22. The second-order valence-corrected chi connectivity index (χ2v) is 7.75. The predicted molar refractivity (Wildman–Crippen MR) is 124 cm³/mol. The Bertz CT molecular complexity index is 1010. The fourth-order valence-corrected chi connectivity index (χ4v) is 3.89. The molecule has 4 amide bonds. The van der Waals surface area contributed by atoms with Crippen molar-refractivity contribution in [2.24, 2.45) is 0 Å². The largest absolute Gasteiger partial charge is 0.481 e. The minimum Gasteiger partial charge on any atom is -0.481 e. The number of alkyl carbamates (subject to hydrolysis) is 1. The Morgan fingerprint density at radius 3 is 2.12 bits per heavy atom. The third kappa shape index (κ3) is 6.25. The van der Waals surface area contributed by atoms with E-state index in [2.05, 4.69) is 21.3 Å². The van der Waals surface area contributed by atoms with Crippen LogP contribution in [0.2, 0.25) is 0 Å². The summed E-state index contributed by atoms with van der Waals surface area (Å²) in [5.41, 5.74) is 4.30. The third-order valence-corrected chi connectivity index (χ3v) is 5.54. The van der Waals surface area contributed by atoms with E-state index in [9.17, 15) is 19.2 Å². The molecule has 5 N–H and O–H groups in total. The Kier molecular flexibility index (Phi) is 8.44. The van der Waals surface area contributed by atoms with Gasteiger partial charge in [-0.05, 0) is 28.7 Å². The van der Waals surface area contributed by atoms with Crippen LogP contribution in [-0.4, -0.2) is 61.9 Å². The molecule has 10 heteroatoms. The maximum absolute atomic E-state index is 12.5. The molecule has 0 saturated heterocycles. The SMILES string of the molecule is CNC(=O)NCCNC(=O)C(CCC(=O)O)NC(=O)OCC1c2ccccc2-c2ccccc21. The van der Waals surface area contributed by atoms with Crippen molar-refractivity contribution in [3.05, 3.63) is 59.7 Å². The van der Waals surface area contributed by atoms with Crippen LogP contribution in [0.4, 0.5) is 9.59 Å². The molecule has 1 aliphatic rings. The molecule has 0 aromatic heterocycles. The molecule has 34 heavy (non-hydrogen) atoms. The molecule has 0 fully saturated rings. The Morgan fingerprint density at radius 2 is 1.53 bits per heavy atom. The lowest BCUT2D eigenvalue weighted by molar-refractivity contribution is -0.137. The van der Waals surface area contributed by atoms with Gasteiger partial charge in [-0.1, -0.05) is 48.5 Å². The lowest BCUT2D eigenvalue weighted by atomic mass is 9.98. The van der Waals surface area contributed by atoms with Gasteiger partial charge in [-0.15, -0.1) is 0 Å². The predicted octanol–water partition coefficient (Wildman–Crippen LogP) is 1.80. The van der Waals surface area contributed by atoms with Crippen LogP contribution in [-0.2, 0) is 14.3 Å². The molecule has 0 bridgehead atoms. The molecule has 0 saturated carbocycles. The van der Waals surface area contributed by atoms with Gasteiger partial charge in [0.25, 0.3) is 0 Å². The highest BCUT2D eigenvalue weighted by Crippen LogP contribution is 2.44. The minimum absolute atomic E-state index is 0.0726. The van der Waals surface area contributed by atoms with Gasteiger partial charge in [-0.2, -0.15) is 0 Å². The van der Waals surface area contributed by atoms with E-state index in [0.29, 0.717) is 0 Å². The van der Waals surface area contributed by atoms with Crippen molar-refractivity contribution < 1.29 is 29.0 Å². The van der Waals surface area contributed by atoms with Crippen LogP contribution < -0.4 is 21.3 Å². The number of carboxylic acid groups (broad SMARTS) is 1. The summed E-state index contributed by atoms with van der Waals surface area (Å²) in [6, 6.07) is 14.3. The van der Waals surface area contributed by atoms with Gasteiger partial charge in [-0.3, -0.25) is 9.59 Å². The number of hydrogen-bond donors (Lipinski definition) is 5. The quantitative estimate of drug-likeness (QED) is 0.336. The average Bonchev–Trinajstić information content (AvgIpc) is 3.16. The molecule has 2 aromatic carbocycles. The van der Waals surface area contributed by atoms with Crippen LogP contribution in [0.25, 0.3) is 11.1 Å². The van der Waals surface area contributed by atoms with E-state index >= 15 is 0 Å². The van der Waals surface area contributed by atoms with Crippen LogP contribution >= 0.6 is 0 Å². The fraction of sp³-hybridized carbons (Fsp3) is 0.333. The van der Waals surface area contributed by atoms with Gasteiger partial charge in [0.05, 0.1) is 0 Å². The first kappa shape index (κ1) is 24.6. The lowest BCUT2D eigenvalue weighted by Crippen LogP contribution is -2.49. The Hall–Kier alpha value is -4.08. The summed E-state index contributed by atoms with van der Waals surface area (Å²) in [6.45, 7) is 0.355. The topological polar surface area (TPSA) is 146 Å². The molecule has 10 nitrogen and oxygen atoms in total. The molecule has 3 rings (SSSR count). The van der Waals surface area contributed by atoms with Gasteiger partial charge in [0.15, 0.2) is 0 Å². The first-order valence-electron chi connectivity index (χ1n) is 11.0. The number of carbonyl (C=O) groups is 4. The van der Waals surface area contributed by atoms with E-state index in [1.807, 2.05) is 48.5 Å². The lowest BCUT2D eigenvalue weighted by Gasteiger charge is -2.19. The number of carbonyl (C=O) groups excluding carboxylic acids is 3. The van der Waals surface area contributed by atoms with Crippen molar-refractivity contribution >= 4 is 24.0 Å². The molecule has 2 aromatic rings. The van der Waals surface area contributed by atoms with Gasteiger partial charge in [-0.25, -0.2) is 9.59 Å². The van der Waals surface area contributed by atoms with Crippen molar-refractivity contribution in [2.75, 3.05) is 26.7 Å². The van der Waals surface area contributed by atoms with Gasteiger partial charge < -0.3 is 31.1 Å². The average molecular weight is 469 g/mol. The smallest absolute Gasteiger partial charge is 0.407 e. The van der Waals surface area contributed by atoms with Crippen molar-refractivity contribution in [3.8, 4) is 11.1 Å². The third-order valence-electron chi connectivity index (χ3n) is 5.54. The second-order valence-electron chi connectivity index (χ2n) is 7.75. The zero-order chi connectivity index (χ0) is 24.5. The van der Waals surface area contributed by atoms with Gasteiger partial charge in [0, 0.05) is 32.5 Å². The van der Waals surface area contributed by atoms with Crippen LogP contribution in [0.3, 0.4) is 0 Å². The monoisotopic (exact) mass is 468 g/mol. The normalized spacial score (nSPS) is 12.6. The molecule has 180 valence electrons. The highest BCUT2D eigenvalue weighted by Gasteiger charge is 2.29. The molecular formula is C24H28N4O6. The van der Waals surface area contributed by atoms with Gasteiger partial charge in [0.2, 0.25) is 5.91 Å². The van der Waals surface area contributed by atoms with Crippen molar-refractivity contribution in [1.82, 2.24) is 21.3 Å². The summed E-state index contributed by atoms with van der Waals surface area (Å²) < 4.78 is 5.46. The number of benzene rings is 2. The van der Waals surface area contributed by atoms with Crippen molar-refractivity contribution in [3.63, 3.8) is 0 Å². The number of nitrogens with one attached hydrogen (secondary N) is 4. The number of aliphatic carboxylic acids is 1. The molecule has 1 unspecified atom stereocenters. The number of hydrogen-bond acceptors (Lipinski definition) is 5. The zero-order valence-corrected chi connectivity index (χ0v) is 18.8. The molecule has 0 heterocycles. The Morgan fingerprint density at radius 1 is 0.941 bits per heavy atom. The summed E-state index contributed by atoms with van der Waals surface area (Å²) in [5, 5.41) is 18.9. The standard InChI is InChI=1S/C24H28N4O6/c1-25-23(32)27-13-12-26-22(31)20(10-11-21(29)30)28-24(33)34-14-19-17-8-4-2-6-15(17)16-7-3-5-9-18(16)19/h2-9,19-20H,10-14H2,1H3,(H,26,31)(H,28,33)(H,29,30)(H2,25,27,32). The number of ether oxygens (including phenoxy) is 1. The van der Waals surface area contributed by atoms with Gasteiger partial charge in [0.1, 0.15) is 12.6 Å². The maximum Gasteiger partial charge on any atom is 0.407 e. The highest BCUT2D eigenvalue weighted by molar-refractivity contribution is 5.86. The molecule has 0 radical (unpaired) electrons. The number of rotatable bonds is 10. The number of amides is 4. The van der Waals surface area contributed by atoms with Crippen LogP contribution in [0.5, 0.6) is 0 Å². The van der Waals surface area contributed by atoms with Crippen molar-refractivity contribution in [1.29, 1.82) is 0 Å². The Labute approximate surface area is 197 Å². The molecule has 1 aliphatic carbocycles. The Balaban J connectivity index is 1.58. The van der Waals surface area contributed by atoms with Crippen molar-refractivity contribution in [2.45, 2.75) is 24.8 Å². The highest BCUT2D eigenvalue weighted by atomic mass is 16.5. The van der Waals surface area contributed by atoms with Gasteiger partial charge >= 0.3 is 18.1 Å². The summed E-state index contributed by atoms with van der Waals surface area (Å²) >= 11 is 0. The summed E-state index contributed by atoms with van der Waals surface area (Å²) in [5.74, 6) is -1.79. The second kappa shape index (κ2) is 11.7. The molecule has 0 aliphatic heterocycles. The zero-order valence-electron chi connectivity index (χ0n) is 18.8. The minimum atomic E-state index is -1.09. The van der Waals surface area contributed by atoms with Crippen LogP contribution in [0.15, 0.2) is 48.5 Å². The summed E-state index contributed by atoms with van der Waals surface area (Å²) in [7, 11) is 1.47. The number of urea groups is 1. The van der Waals surface area contributed by atoms with E-state index in [-0.39, 0.29) is 38.5 Å². The maximum atomic E-state index is 12.5. The molecule has 1 atom stereocenters. The van der Waals surface area contributed by atoms with E-state index < -0.39 is 30.0 Å². The van der Waals surface area contributed by atoms with E-state index in [4.69, 9.17) is 9.84 Å². The van der Waals surface area contributed by atoms with E-state index in [1.54, 1.807) is 0 Å². The number of fused-ring (bicyclic) bond motifs is 3.